The van der Waals surface area contributed by atoms with Crippen molar-refractivity contribution in [2.24, 2.45) is 0 Å². The van der Waals surface area contributed by atoms with Gasteiger partial charge in [-0.1, -0.05) is 35.6 Å². The Kier molecular flexibility index (Phi) is 5.54. The molecule has 1 N–H and O–H groups in total. The molecule has 0 spiro atoms. The lowest BCUT2D eigenvalue weighted by Crippen LogP contribution is -2.43. The third-order valence-corrected chi connectivity index (χ3v) is 6.06. The van der Waals surface area contributed by atoms with Crippen LogP contribution in [0.3, 0.4) is 0 Å². The molecule has 6 nitrogen and oxygen atoms in total. The summed E-state index contributed by atoms with van der Waals surface area (Å²) in [6.45, 7) is 0.601. The SMILES string of the molecule is N#Cc1ccc(CCC(=O)N2CCCC2C(=O)Nc2nc3ccccc3s2)cc1. The molecule has 1 saturated heterocycles. The molecular weight excluding hydrogens is 384 g/mol. The second kappa shape index (κ2) is 8.41. The van der Waals surface area contributed by atoms with Gasteiger partial charge < -0.3 is 10.2 Å². The Hall–Kier alpha value is -3.24. The van der Waals surface area contributed by atoms with Crippen LogP contribution < -0.4 is 5.32 Å². The molecule has 3 aromatic rings. The van der Waals surface area contributed by atoms with E-state index in [2.05, 4.69) is 16.4 Å². The number of carbonyl (C=O) groups is 2. The minimum atomic E-state index is -0.449. The number of carbonyl (C=O) groups excluding carboxylic acids is 2. The number of benzene rings is 2. The van der Waals surface area contributed by atoms with Crippen LogP contribution in [0.25, 0.3) is 10.2 Å². The molecular formula is C22H20N4O2S. The number of nitriles is 1. The van der Waals surface area contributed by atoms with Gasteiger partial charge in [-0.15, -0.1) is 0 Å². The normalized spacial score (nSPS) is 16.0. The summed E-state index contributed by atoms with van der Waals surface area (Å²) in [5.74, 6) is -0.190. The van der Waals surface area contributed by atoms with Gasteiger partial charge in [0.2, 0.25) is 11.8 Å². The number of hydrogen-bond acceptors (Lipinski definition) is 5. The van der Waals surface area contributed by atoms with Gasteiger partial charge in [-0.25, -0.2) is 4.98 Å². The van der Waals surface area contributed by atoms with Gasteiger partial charge in [-0.05, 0) is 49.1 Å². The van der Waals surface area contributed by atoms with Crippen molar-refractivity contribution in [2.75, 3.05) is 11.9 Å². The first kappa shape index (κ1) is 19.1. The Bertz CT molecular complexity index is 1050. The van der Waals surface area contributed by atoms with Crippen molar-refractivity contribution in [3.63, 3.8) is 0 Å². The summed E-state index contributed by atoms with van der Waals surface area (Å²) in [5.41, 5.74) is 2.47. The number of hydrogen-bond donors (Lipinski definition) is 1. The molecule has 0 radical (unpaired) electrons. The average Bonchev–Trinajstić information content (AvgIpc) is 3.39. The third-order valence-electron chi connectivity index (χ3n) is 5.11. The van der Waals surface area contributed by atoms with Crippen molar-refractivity contribution >= 4 is 38.5 Å². The fourth-order valence-corrected chi connectivity index (χ4v) is 4.46. The van der Waals surface area contributed by atoms with E-state index < -0.39 is 6.04 Å². The van der Waals surface area contributed by atoms with Crippen LogP contribution in [0.2, 0.25) is 0 Å². The first-order valence-electron chi connectivity index (χ1n) is 9.59. The summed E-state index contributed by atoms with van der Waals surface area (Å²) in [5, 5.41) is 12.3. The Morgan fingerprint density at radius 2 is 2.00 bits per heavy atom. The van der Waals surface area contributed by atoms with Gasteiger partial charge in [0.25, 0.3) is 0 Å². The Morgan fingerprint density at radius 1 is 1.21 bits per heavy atom. The number of nitrogens with one attached hydrogen (secondary N) is 1. The number of aromatic nitrogens is 1. The smallest absolute Gasteiger partial charge is 0.248 e. The number of fused-ring (bicyclic) bond motifs is 1. The summed E-state index contributed by atoms with van der Waals surface area (Å²) in [6.07, 6.45) is 2.42. The van der Waals surface area contributed by atoms with Crippen LogP contribution in [0.1, 0.15) is 30.4 Å². The van der Waals surface area contributed by atoms with Gasteiger partial charge in [0.15, 0.2) is 5.13 Å². The van der Waals surface area contributed by atoms with E-state index in [1.807, 2.05) is 36.4 Å². The minimum Gasteiger partial charge on any atom is -0.331 e. The Morgan fingerprint density at radius 3 is 2.76 bits per heavy atom. The molecule has 2 aromatic carbocycles. The number of para-hydroxylation sites is 1. The first-order valence-corrected chi connectivity index (χ1v) is 10.4. The molecule has 1 aliphatic rings. The molecule has 0 aliphatic carbocycles. The van der Waals surface area contributed by atoms with Gasteiger partial charge in [0, 0.05) is 13.0 Å². The maximum Gasteiger partial charge on any atom is 0.248 e. The molecule has 1 atom stereocenters. The number of nitrogens with zero attached hydrogens (tertiary/aromatic N) is 3. The highest BCUT2D eigenvalue weighted by Gasteiger charge is 2.34. The molecule has 29 heavy (non-hydrogen) atoms. The molecule has 7 heteroatoms. The van der Waals surface area contributed by atoms with Crippen molar-refractivity contribution in [3.8, 4) is 6.07 Å². The second-order valence-corrected chi connectivity index (χ2v) is 8.06. The number of likely N-dealkylation sites (tertiary alicyclic amines) is 1. The predicted molar refractivity (Wildman–Crippen MR) is 112 cm³/mol. The van der Waals surface area contributed by atoms with E-state index in [1.165, 1.54) is 11.3 Å². The zero-order valence-corrected chi connectivity index (χ0v) is 16.6. The number of thiazole rings is 1. The molecule has 2 amide bonds. The van der Waals surface area contributed by atoms with E-state index in [1.54, 1.807) is 17.0 Å². The standard InChI is InChI=1S/C22H20N4O2S/c23-14-16-9-7-15(8-10-16)11-12-20(27)26-13-3-5-18(26)21(28)25-22-24-17-4-1-2-6-19(17)29-22/h1-2,4,6-10,18H,3,5,11-13H2,(H,24,25,28). The zero-order chi connectivity index (χ0) is 20.2. The lowest BCUT2D eigenvalue weighted by molar-refractivity contribution is -0.136. The van der Waals surface area contributed by atoms with Gasteiger partial charge in [-0.3, -0.25) is 9.59 Å². The summed E-state index contributed by atoms with van der Waals surface area (Å²) in [6, 6.07) is 16.6. The maximum atomic E-state index is 12.8. The van der Waals surface area contributed by atoms with Crippen molar-refractivity contribution in [1.29, 1.82) is 5.26 Å². The maximum absolute atomic E-state index is 12.8. The van der Waals surface area contributed by atoms with Crippen molar-refractivity contribution < 1.29 is 9.59 Å². The molecule has 4 rings (SSSR count). The number of anilines is 1. The van der Waals surface area contributed by atoms with Crippen LogP contribution in [0.5, 0.6) is 0 Å². The average molecular weight is 404 g/mol. The Labute approximate surface area is 172 Å². The summed E-state index contributed by atoms with van der Waals surface area (Å²) in [4.78, 5) is 31.6. The molecule has 0 saturated carbocycles. The lowest BCUT2D eigenvalue weighted by Gasteiger charge is -2.23. The van der Waals surface area contributed by atoms with Crippen LogP contribution in [0.15, 0.2) is 48.5 Å². The number of rotatable bonds is 5. The van der Waals surface area contributed by atoms with Crippen LogP contribution in [-0.4, -0.2) is 34.3 Å². The van der Waals surface area contributed by atoms with E-state index in [9.17, 15) is 9.59 Å². The Balaban J connectivity index is 1.37. The zero-order valence-electron chi connectivity index (χ0n) is 15.8. The van der Waals surface area contributed by atoms with Crippen LogP contribution in [0.4, 0.5) is 5.13 Å². The second-order valence-electron chi connectivity index (χ2n) is 7.03. The minimum absolute atomic E-state index is 0.0173. The topological polar surface area (TPSA) is 86.1 Å². The fraction of sp³-hybridized carbons (Fsp3) is 0.273. The van der Waals surface area contributed by atoms with Crippen LogP contribution >= 0.6 is 11.3 Å². The predicted octanol–water partition coefficient (Wildman–Crippen LogP) is 3.73. The highest BCUT2D eigenvalue weighted by atomic mass is 32.1. The third kappa shape index (κ3) is 4.28. The van der Waals surface area contributed by atoms with Gasteiger partial charge in [-0.2, -0.15) is 5.26 Å². The largest absolute Gasteiger partial charge is 0.331 e. The summed E-state index contributed by atoms with van der Waals surface area (Å²) >= 11 is 1.44. The van der Waals surface area contributed by atoms with E-state index in [0.29, 0.717) is 36.5 Å². The highest BCUT2D eigenvalue weighted by Crippen LogP contribution is 2.27. The molecule has 1 aliphatic heterocycles. The van der Waals surface area contributed by atoms with Gasteiger partial charge in [0.1, 0.15) is 6.04 Å². The highest BCUT2D eigenvalue weighted by molar-refractivity contribution is 7.22. The number of aryl methyl sites for hydroxylation is 1. The molecule has 1 aromatic heterocycles. The van der Waals surface area contributed by atoms with Crippen molar-refractivity contribution in [3.05, 3.63) is 59.7 Å². The first-order chi connectivity index (χ1) is 14.1. The molecule has 146 valence electrons. The van der Waals surface area contributed by atoms with Gasteiger partial charge in [0.05, 0.1) is 21.8 Å². The van der Waals surface area contributed by atoms with Crippen molar-refractivity contribution in [2.45, 2.75) is 31.7 Å². The van der Waals surface area contributed by atoms with E-state index in [0.717, 1.165) is 22.2 Å². The summed E-state index contributed by atoms with van der Waals surface area (Å²) < 4.78 is 1.02. The monoisotopic (exact) mass is 404 g/mol. The van der Waals surface area contributed by atoms with Crippen molar-refractivity contribution in [1.82, 2.24) is 9.88 Å². The van der Waals surface area contributed by atoms with E-state index in [4.69, 9.17) is 5.26 Å². The molecule has 2 heterocycles. The number of amides is 2. The summed E-state index contributed by atoms with van der Waals surface area (Å²) in [7, 11) is 0. The quantitative estimate of drug-likeness (QED) is 0.702. The molecule has 0 bridgehead atoms. The molecule has 1 unspecified atom stereocenters. The van der Waals surface area contributed by atoms with Crippen LogP contribution in [-0.2, 0) is 16.0 Å². The molecule has 1 fully saturated rings. The van der Waals surface area contributed by atoms with Gasteiger partial charge >= 0.3 is 0 Å². The lowest BCUT2D eigenvalue weighted by atomic mass is 10.1. The van der Waals surface area contributed by atoms with E-state index in [-0.39, 0.29) is 11.8 Å². The fourth-order valence-electron chi connectivity index (χ4n) is 3.59. The van der Waals surface area contributed by atoms with Crippen LogP contribution in [0, 0.1) is 11.3 Å². The van der Waals surface area contributed by atoms with E-state index >= 15 is 0 Å².